The molecule has 14 heavy (non-hydrogen) atoms. The molecular weight excluding hydrogens is 251 g/mol. The van der Waals surface area contributed by atoms with Crippen LogP contribution in [0, 0.1) is 5.82 Å². The fraction of sp³-hybridized carbons (Fsp3) is 0.300. The van der Waals surface area contributed by atoms with Crippen LogP contribution in [0.4, 0.5) is 4.39 Å². The van der Waals surface area contributed by atoms with Crippen molar-refractivity contribution in [2.75, 3.05) is 0 Å². The second-order valence-corrected chi connectivity index (χ2v) is 4.17. The van der Waals surface area contributed by atoms with Crippen LogP contribution < -0.4 is 4.74 Å². The first-order valence-corrected chi connectivity index (χ1v) is 5.06. The van der Waals surface area contributed by atoms with E-state index in [9.17, 15) is 9.18 Å². The van der Waals surface area contributed by atoms with Gasteiger partial charge in [-0.05, 0) is 35.0 Å². The van der Waals surface area contributed by atoms with Gasteiger partial charge in [0.25, 0.3) is 0 Å². The normalized spacial score (nSPS) is 20.2. The van der Waals surface area contributed by atoms with E-state index >= 15 is 0 Å². The minimum Gasteiger partial charge on any atom is -0.489 e. The van der Waals surface area contributed by atoms with E-state index in [0.717, 1.165) is 0 Å². The van der Waals surface area contributed by atoms with E-state index in [-0.39, 0.29) is 11.9 Å². The van der Waals surface area contributed by atoms with Crippen molar-refractivity contribution in [1.82, 2.24) is 0 Å². The summed E-state index contributed by atoms with van der Waals surface area (Å²) in [4.78, 5) is 11.5. The van der Waals surface area contributed by atoms with Gasteiger partial charge in [0.1, 0.15) is 17.7 Å². The van der Waals surface area contributed by atoms with E-state index in [0.29, 0.717) is 22.2 Å². The van der Waals surface area contributed by atoms with E-state index in [4.69, 9.17) is 4.74 Å². The number of carbonyl (C=O) groups excluding carboxylic acids is 1. The second-order valence-electron chi connectivity index (χ2n) is 3.32. The Morgan fingerprint density at radius 3 is 3.00 bits per heavy atom. The number of Topliss-reactive ketones (excluding diaryl/α,β-unsaturated/α-hetero) is 1. The van der Waals surface area contributed by atoms with Crippen LogP contribution in [-0.2, 0) is 0 Å². The lowest BCUT2D eigenvalue weighted by molar-refractivity contribution is 0.0870. The molecule has 1 aromatic rings. The lowest BCUT2D eigenvalue weighted by Crippen LogP contribution is -2.24. The molecule has 1 aromatic carbocycles. The zero-order valence-corrected chi connectivity index (χ0v) is 9.10. The molecule has 0 amide bonds. The maximum absolute atomic E-state index is 13.1. The third-order valence-electron chi connectivity index (χ3n) is 2.12. The van der Waals surface area contributed by atoms with Gasteiger partial charge < -0.3 is 4.74 Å². The molecule has 0 aliphatic carbocycles. The molecule has 74 valence electrons. The molecule has 1 aliphatic heterocycles. The van der Waals surface area contributed by atoms with Crippen molar-refractivity contribution in [3.05, 3.63) is 28.0 Å². The molecule has 0 aromatic heterocycles. The van der Waals surface area contributed by atoms with Crippen molar-refractivity contribution >= 4 is 21.7 Å². The number of carbonyl (C=O) groups is 1. The number of hydrogen-bond acceptors (Lipinski definition) is 2. The van der Waals surface area contributed by atoms with Crippen LogP contribution in [0.25, 0.3) is 0 Å². The average molecular weight is 259 g/mol. The molecule has 0 saturated heterocycles. The smallest absolute Gasteiger partial charge is 0.170 e. The minimum atomic E-state index is -0.435. The van der Waals surface area contributed by atoms with Gasteiger partial charge in [-0.25, -0.2) is 4.39 Å². The van der Waals surface area contributed by atoms with Crippen molar-refractivity contribution in [1.29, 1.82) is 0 Å². The van der Waals surface area contributed by atoms with E-state index < -0.39 is 5.82 Å². The van der Waals surface area contributed by atoms with Crippen molar-refractivity contribution < 1.29 is 13.9 Å². The Balaban J connectivity index is 2.55. The molecule has 0 saturated carbocycles. The Morgan fingerprint density at radius 2 is 2.29 bits per heavy atom. The largest absolute Gasteiger partial charge is 0.489 e. The third kappa shape index (κ3) is 1.54. The molecule has 2 rings (SSSR count). The molecule has 1 unspecified atom stereocenters. The highest BCUT2D eigenvalue weighted by atomic mass is 79.9. The van der Waals surface area contributed by atoms with Crippen molar-refractivity contribution in [3.8, 4) is 5.75 Å². The molecule has 1 heterocycles. The van der Waals surface area contributed by atoms with Gasteiger partial charge in [-0.15, -0.1) is 0 Å². The lowest BCUT2D eigenvalue weighted by Gasteiger charge is -2.22. The maximum Gasteiger partial charge on any atom is 0.170 e. The molecule has 2 nitrogen and oxygen atoms in total. The predicted molar refractivity (Wildman–Crippen MR) is 53.1 cm³/mol. The third-order valence-corrected chi connectivity index (χ3v) is 2.73. The van der Waals surface area contributed by atoms with Crippen LogP contribution in [0.3, 0.4) is 0 Å². The van der Waals surface area contributed by atoms with Crippen LogP contribution in [0.2, 0.25) is 0 Å². The topological polar surface area (TPSA) is 26.3 Å². The van der Waals surface area contributed by atoms with Gasteiger partial charge in [-0.1, -0.05) is 0 Å². The first-order chi connectivity index (χ1) is 6.58. The van der Waals surface area contributed by atoms with Gasteiger partial charge >= 0.3 is 0 Å². The first-order valence-electron chi connectivity index (χ1n) is 4.27. The van der Waals surface area contributed by atoms with E-state index in [2.05, 4.69) is 15.9 Å². The van der Waals surface area contributed by atoms with E-state index in [1.54, 1.807) is 0 Å². The van der Waals surface area contributed by atoms with E-state index in [1.165, 1.54) is 12.1 Å². The second kappa shape index (κ2) is 3.35. The number of hydrogen-bond donors (Lipinski definition) is 0. The molecule has 4 heteroatoms. The van der Waals surface area contributed by atoms with Crippen LogP contribution >= 0.6 is 15.9 Å². The summed E-state index contributed by atoms with van der Waals surface area (Å²) >= 11 is 3.05. The first kappa shape index (κ1) is 9.65. The number of ether oxygens (including phenoxy) is 1. The summed E-state index contributed by atoms with van der Waals surface area (Å²) < 4.78 is 18.9. The monoisotopic (exact) mass is 258 g/mol. The lowest BCUT2D eigenvalue weighted by atomic mass is 10.0. The zero-order valence-electron chi connectivity index (χ0n) is 7.51. The molecule has 0 N–H and O–H groups in total. The quantitative estimate of drug-likeness (QED) is 0.716. The van der Waals surface area contributed by atoms with Crippen LogP contribution in [0.5, 0.6) is 5.75 Å². The molecule has 1 aliphatic rings. The highest BCUT2D eigenvalue weighted by molar-refractivity contribution is 9.10. The SMILES string of the molecule is CC1CC(=O)c2cc(F)c(Br)cc2O1. The van der Waals surface area contributed by atoms with Crippen LogP contribution in [0.15, 0.2) is 16.6 Å². The molecule has 0 bridgehead atoms. The van der Waals surface area contributed by atoms with Crippen molar-refractivity contribution in [3.63, 3.8) is 0 Å². The van der Waals surface area contributed by atoms with E-state index in [1.807, 2.05) is 6.92 Å². The minimum absolute atomic E-state index is 0.0647. The summed E-state index contributed by atoms with van der Waals surface area (Å²) in [5.41, 5.74) is 0.337. The van der Waals surface area contributed by atoms with Gasteiger partial charge in [0, 0.05) is 6.42 Å². The summed E-state index contributed by atoms with van der Waals surface area (Å²) in [7, 11) is 0. The number of rotatable bonds is 0. The maximum atomic E-state index is 13.1. The Kier molecular flexibility index (Phi) is 2.31. The Bertz CT molecular complexity index is 403. The summed E-state index contributed by atoms with van der Waals surface area (Å²) in [5, 5.41) is 0. The van der Waals surface area contributed by atoms with Gasteiger partial charge in [0.2, 0.25) is 0 Å². The Labute approximate surface area is 89.2 Å². The number of benzene rings is 1. The van der Waals surface area contributed by atoms with Gasteiger partial charge in [0.05, 0.1) is 10.0 Å². The summed E-state index contributed by atoms with van der Waals surface area (Å²) in [5.74, 6) is -0.0394. The van der Waals surface area contributed by atoms with Gasteiger partial charge in [-0.3, -0.25) is 4.79 Å². The zero-order chi connectivity index (χ0) is 10.3. The average Bonchev–Trinajstić information content (AvgIpc) is 2.08. The fourth-order valence-electron chi connectivity index (χ4n) is 1.47. The number of halogens is 2. The molecule has 1 atom stereocenters. The van der Waals surface area contributed by atoms with Crippen LogP contribution in [-0.4, -0.2) is 11.9 Å². The Hall–Kier alpha value is -0.900. The summed E-state index contributed by atoms with van der Waals surface area (Å²) in [6.07, 6.45) is 0.181. The molecular formula is C10H8BrFO2. The van der Waals surface area contributed by atoms with Crippen molar-refractivity contribution in [2.45, 2.75) is 19.4 Å². The van der Waals surface area contributed by atoms with Gasteiger partial charge in [0.15, 0.2) is 5.78 Å². The highest BCUT2D eigenvalue weighted by Crippen LogP contribution is 2.32. The summed E-state index contributed by atoms with van der Waals surface area (Å²) in [6, 6.07) is 2.71. The standard InChI is InChI=1S/C10H8BrFO2/c1-5-2-9(13)6-3-8(12)7(11)4-10(6)14-5/h3-5H,2H2,1H3. The molecule has 0 fully saturated rings. The predicted octanol–water partition coefficient (Wildman–Crippen LogP) is 2.94. The van der Waals surface area contributed by atoms with Gasteiger partial charge in [-0.2, -0.15) is 0 Å². The number of fused-ring (bicyclic) bond motifs is 1. The van der Waals surface area contributed by atoms with Crippen LogP contribution in [0.1, 0.15) is 23.7 Å². The molecule has 0 spiro atoms. The summed E-state index contributed by atoms with van der Waals surface area (Å²) in [6.45, 7) is 1.82. The number of ketones is 1. The Morgan fingerprint density at radius 1 is 1.57 bits per heavy atom. The molecule has 0 radical (unpaired) electrons. The highest BCUT2D eigenvalue weighted by Gasteiger charge is 2.24. The fourth-order valence-corrected chi connectivity index (χ4v) is 1.80. The van der Waals surface area contributed by atoms with Crippen molar-refractivity contribution in [2.24, 2.45) is 0 Å².